The van der Waals surface area contributed by atoms with E-state index in [1.165, 1.54) is 32.1 Å². The van der Waals surface area contributed by atoms with Gasteiger partial charge in [-0.2, -0.15) is 0 Å². The number of rotatable bonds is 8. The lowest BCUT2D eigenvalue weighted by Gasteiger charge is -2.54. The van der Waals surface area contributed by atoms with Gasteiger partial charge in [0.25, 0.3) is 5.91 Å². The van der Waals surface area contributed by atoms with Gasteiger partial charge in [-0.15, -0.1) is 0 Å². The molecule has 3 N–H and O–H groups in total. The molecule has 0 aromatic heterocycles. The Labute approximate surface area is 165 Å². The molecule has 0 radical (unpaired) electrons. The molecule has 0 unspecified atom stereocenters. The average molecular weight is 393 g/mol. The molecular weight excluding hydrogens is 364 g/mol. The topological polar surface area (TPSA) is 73.6 Å². The molecule has 5 nitrogen and oxygen atoms in total. The van der Waals surface area contributed by atoms with Crippen molar-refractivity contribution in [2.75, 3.05) is 13.2 Å². The lowest BCUT2D eigenvalue weighted by Crippen LogP contribution is -2.54. The zero-order valence-electron chi connectivity index (χ0n) is 15.9. The molecule has 148 valence electrons. The molecule has 6 heteroatoms. The van der Waals surface area contributed by atoms with Crippen LogP contribution in [-0.2, 0) is 11.3 Å². The highest BCUT2D eigenvalue weighted by atomic mass is 35.5. The van der Waals surface area contributed by atoms with Gasteiger partial charge in [0.05, 0.1) is 11.6 Å². The minimum absolute atomic E-state index is 0.217. The first-order valence-corrected chi connectivity index (χ1v) is 10.5. The van der Waals surface area contributed by atoms with Gasteiger partial charge in [-0.1, -0.05) is 11.6 Å². The second-order valence-electron chi connectivity index (χ2n) is 8.43. The van der Waals surface area contributed by atoms with Crippen molar-refractivity contribution < 1.29 is 14.3 Å². The fourth-order valence-electron chi connectivity index (χ4n) is 5.76. The van der Waals surface area contributed by atoms with Gasteiger partial charge >= 0.3 is 0 Å². The number of carbonyl (C=O) groups is 1. The summed E-state index contributed by atoms with van der Waals surface area (Å²) in [6.45, 7) is 2.95. The van der Waals surface area contributed by atoms with E-state index in [4.69, 9.17) is 26.8 Å². The van der Waals surface area contributed by atoms with Gasteiger partial charge in [-0.25, -0.2) is 0 Å². The molecule has 1 aromatic carbocycles. The van der Waals surface area contributed by atoms with Crippen LogP contribution in [0.3, 0.4) is 0 Å². The summed E-state index contributed by atoms with van der Waals surface area (Å²) in [5.41, 5.74) is 6.25. The number of hydrogen-bond donors (Lipinski definition) is 2. The van der Waals surface area contributed by atoms with Crippen LogP contribution in [0.5, 0.6) is 11.5 Å². The number of primary amides is 1. The maximum atomic E-state index is 11.0. The maximum absolute atomic E-state index is 11.0. The molecule has 0 spiro atoms. The average Bonchev–Trinajstić information content (AvgIpc) is 2.60. The van der Waals surface area contributed by atoms with Crippen molar-refractivity contribution in [1.82, 2.24) is 5.32 Å². The van der Waals surface area contributed by atoms with Crippen molar-refractivity contribution in [1.29, 1.82) is 0 Å². The summed E-state index contributed by atoms with van der Waals surface area (Å²) >= 11 is 6.41. The van der Waals surface area contributed by atoms with Crippen molar-refractivity contribution in [3.05, 3.63) is 22.7 Å². The first-order chi connectivity index (χ1) is 13.0. The van der Waals surface area contributed by atoms with Crippen LogP contribution < -0.4 is 20.5 Å². The van der Waals surface area contributed by atoms with E-state index in [2.05, 4.69) is 5.32 Å². The summed E-state index contributed by atoms with van der Waals surface area (Å²) in [5.74, 6) is 4.03. The second kappa shape index (κ2) is 7.88. The van der Waals surface area contributed by atoms with E-state index >= 15 is 0 Å². The fourth-order valence-corrected chi connectivity index (χ4v) is 6.05. The van der Waals surface area contributed by atoms with Crippen molar-refractivity contribution in [3.8, 4) is 11.5 Å². The number of ether oxygens (including phenoxy) is 2. The minimum atomic E-state index is -0.541. The molecule has 0 heterocycles. The zero-order valence-corrected chi connectivity index (χ0v) is 16.6. The zero-order chi connectivity index (χ0) is 19.0. The van der Waals surface area contributed by atoms with Gasteiger partial charge < -0.3 is 20.5 Å². The van der Waals surface area contributed by atoms with E-state index in [9.17, 15) is 4.79 Å². The molecule has 1 aromatic rings. The van der Waals surface area contributed by atoms with Gasteiger partial charge in [-0.3, -0.25) is 4.79 Å². The molecular formula is C21H29ClN2O3. The lowest BCUT2D eigenvalue weighted by molar-refractivity contribution is -0.119. The Kier molecular flexibility index (Phi) is 5.51. The molecule has 0 aliphatic heterocycles. The number of carbonyl (C=O) groups excluding carboxylic acids is 1. The molecule has 0 atom stereocenters. The molecule has 0 saturated heterocycles. The number of amides is 1. The largest absolute Gasteiger partial charge is 0.490 e. The molecule has 4 saturated carbocycles. The summed E-state index contributed by atoms with van der Waals surface area (Å²) in [6.07, 6.45) is 7.07. The molecule has 27 heavy (non-hydrogen) atoms. The van der Waals surface area contributed by atoms with E-state index in [1.807, 2.05) is 19.1 Å². The summed E-state index contributed by atoms with van der Waals surface area (Å²) in [6, 6.07) is 4.47. The van der Waals surface area contributed by atoms with Gasteiger partial charge in [-0.05, 0) is 80.4 Å². The van der Waals surface area contributed by atoms with Crippen LogP contribution in [-0.4, -0.2) is 25.2 Å². The van der Waals surface area contributed by atoms with E-state index in [1.54, 1.807) is 0 Å². The van der Waals surface area contributed by atoms with Crippen molar-refractivity contribution >= 4 is 17.5 Å². The van der Waals surface area contributed by atoms with E-state index in [0.29, 0.717) is 29.2 Å². The van der Waals surface area contributed by atoms with Crippen molar-refractivity contribution in [2.24, 2.45) is 29.4 Å². The quantitative estimate of drug-likeness (QED) is 0.709. The highest BCUT2D eigenvalue weighted by molar-refractivity contribution is 6.32. The van der Waals surface area contributed by atoms with E-state index in [0.717, 1.165) is 35.8 Å². The summed E-state index contributed by atoms with van der Waals surface area (Å²) in [5, 5.41) is 4.27. The Morgan fingerprint density at radius 2 is 1.81 bits per heavy atom. The SMILES string of the molecule is CCOc1cc(CNC2C3CC4CC(C3)CC2C4)cc(Cl)c1OCC(N)=O. The van der Waals surface area contributed by atoms with Crippen LogP contribution in [0.25, 0.3) is 0 Å². The maximum Gasteiger partial charge on any atom is 0.255 e. The van der Waals surface area contributed by atoms with Gasteiger partial charge in [0.2, 0.25) is 0 Å². The van der Waals surface area contributed by atoms with Crippen LogP contribution in [0.15, 0.2) is 12.1 Å². The summed E-state index contributed by atoms with van der Waals surface area (Å²) in [7, 11) is 0. The third-order valence-electron chi connectivity index (χ3n) is 6.50. The predicted octanol–water partition coefficient (Wildman–Crippen LogP) is 3.52. The lowest BCUT2D eigenvalue weighted by atomic mass is 9.54. The minimum Gasteiger partial charge on any atom is -0.490 e. The summed E-state index contributed by atoms with van der Waals surface area (Å²) in [4.78, 5) is 11.0. The number of nitrogens with one attached hydrogen (secondary N) is 1. The third kappa shape index (κ3) is 4.04. The van der Waals surface area contributed by atoms with Gasteiger partial charge in [0.15, 0.2) is 18.1 Å². The normalized spacial score (nSPS) is 31.1. The Hall–Kier alpha value is -1.46. The summed E-state index contributed by atoms with van der Waals surface area (Å²) < 4.78 is 11.1. The predicted molar refractivity (Wildman–Crippen MR) is 105 cm³/mol. The van der Waals surface area contributed by atoms with Crippen LogP contribution in [0.1, 0.15) is 44.6 Å². The van der Waals surface area contributed by atoms with Crippen LogP contribution >= 0.6 is 11.6 Å². The molecule has 4 aliphatic carbocycles. The van der Waals surface area contributed by atoms with E-state index in [-0.39, 0.29) is 6.61 Å². The van der Waals surface area contributed by atoms with Crippen LogP contribution in [0.2, 0.25) is 5.02 Å². The number of benzene rings is 1. The van der Waals surface area contributed by atoms with Crippen LogP contribution in [0, 0.1) is 23.7 Å². The highest BCUT2D eigenvalue weighted by Crippen LogP contribution is 2.53. The Balaban J connectivity index is 1.45. The monoisotopic (exact) mass is 392 g/mol. The smallest absolute Gasteiger partial charge is 0.255 e. The molecule has 5 rings (SSSR count). The standard InChI is InChI=1S/C21H29ClN2O3/c1-2-26-18-9-14(8-17(22)21(18)27-11-19(23)25)10-24-20-15-4-12-3-13(6-15)7-16(20)5-12/h8-9,12-13,15-16,20,24H,2-7,10-11H2,1H3,(H2,23,25). The molecule has 4 bridgehead atoms. The van der Waals surface area contributed by atoms with Gasteiger partial charge in [0.1, 0.15) is 0 Å². The first kappa shape index (κ1) is 18.9. The molecule has 1 amide bonds. The number of halogens is 1. The number of hydrogen-bond acceptors (Lipinski definition) is 4. The Bertz CT molecular complexity index is 681. The Morgan fingerprint density at radius 1 is 1.15 bits per heavy atom. The molecule has 4 aliphatic rings. The fraction of sp³-hybridized carbons (Fsp3) is 0.667. The number of nitrogens with two attached hydrogens (primary N) is 1. The highest BCUT2D eigenvalue weighted by Gasteiger charge is 2.47. The first-order valence-electron chi connectivity index (χ1n) is 10.1. The van der Waals surface area contributed by atoms with E-state index < -0.39 is 5.91 Å². The second-order valence-corrected chi connectivity index (χ2v) is 8.84. The van der Waals surface area contributed by atoms with Crippen molar-refractivity contribution in [2.45, 2.75) is 51.6 Å². The van der Waals surface area contributed by atoms with Gasteiger partial charge in [0, 0.05) is 12.6 Å². The van der Waals surface area contributed by atoms with Crippen LogP contribution in [0.4, 0.5) is 0 Å². The van der Waals surface area contributed by atoms with Crippen molar-refractivity contribution in [3.63, 3.8) is 0 Å². The molecule has 4 fully saturated rings. The Morgan fingerprint density at radius 3 is 2.41 bits per heavy atom. The third-order valence-corrected chi connectivity index (χ3v) is 6.78.